The highest BCUT2D eigenvalue weighted by molar-refractivity contribution is 5.81. The van der Waals surface area contributed by atoms with Crippen LogP contribution < -0.4 is 10.1 Å². The maximum absolute atomic E-state index is 13.2. The first-order chi connectivity index (χ1) is 13.6. The van der Waals surface area contributed by atoms with Crippen LogP contribution in [0.5, 0.6) is 5.75 Å². The number of hydrogen-bond acceptors (Lipinski definition) is 5. The highest BCUT2D eigenvalue weighted by Gasteiger charge is 2.38. The van der Waals surface area contributed by atoms with Gasteiger partial charge in [-0.25, -0.2) is 4.79 Å². The molecule has 1 heterocycles. The first kappa shape index (κ1) is 23.0. The van der Waals surface area contributed by atoms with Crippen molar-refractivity contribution in [3.63, 3.8) is 0 Å². The van der Waals surface area contributed by atoms with Crippen molar-refractivity contribution in [2.45, 2.75) is 71.2 Å². The van der Waals surface area contributed by atoms with Crippen LogP contribution in [-0.2, 0) is 14.3 Å². The van der Waals surface area contributed by atoms with Gasteiger partial charge in [0.05, 0.1) is 18.7 Å². The molecule has 0 unspecified atom stereocenters. The number of likely N-dealkylation sites (tertiary alicyclic amines) is 1. The van der Waals surface area contributed by atoms with Crippen molar-refractivity contribution < 1.29 is 23.8 Å². The molecule has 1 aromatic rings. The van der Waals surface area contributed by atoms with Gasteiger partial charge in [-0.3, -0.25) is 4.79 Å². The Morgan fingerprint density at radius 2 is 1.97 bits per heavy atom. The molecular weight excluding hydrogens is 372 g/mol. The minimum Gasteiger partial charge on any atom is -0.481 e. The molecule has 1 saturated heterocycles. The number of aryl methyl sites for hydroxylation is 1. The van der Waals surface area contributed by atoms with E-state index >= 15 is 0 Å². The number of para-hydroxylation sites is 1. The zero-order valence-electron chi connectivity index (χ0n) is 18.4. The standard InChI is InChI=1S/C22H34N2O5/c1-15-10-7-8-12-19(15)28-16(2)20(25)24-13-9-11-17(18(24)14-27-6)23-21(26)29-22(3,4)5/h7-8,10,12,16-18H,9,11,13-14H2,1-6H3,(H,23,26)/t16-,17+,18+/m1/s1. The van der Waals surface area contributed by atoms with Crippen LogP contribution in [0.3, 0.4) is 0 Å². The Morgan fingerprint density at radius 3 is 2.59 bits per heavy atom. The number of amides is 2. The number of hydrogen-bond donors (Lipinski definition) is 1. The van der Waals surface area contributed by atoms with E-state index in [2.05, 4.69) is 5.32 Å². The van der Waals surface area contributed by atoms with E-state index in [1.807, 2.05) is 52.0 Å². The topological polar surface area (TPSA) is 77.1 Å². The van der Waals surface area contributed by atoms with Crippen molar-refractivity contribution >= 4 is 12.0 Å². The van der Waals surface area contributed by atoms with Crippen molar-refractivity contribution in [2.24, 2.45) is 0 Å². The van der Waals surface area contributed by atoms with Crippen LogP contribution in [0.2, 0.25) is 0 Å². The van der Waals surface area contributed by atoms with E-state index in [9.17, 15) is 9.59 Å². The lowest BCUT2D eigenvalue weighted by molar-refractivity contribution is -0.144. The largest absolute Gasteiger partial charge is 0.481 e. The van der Waals surface area contributed by atoms with E-state index in [-0.39, 0.29) is 18.0 Å². The summed E-state index contributed by atoms with van der Waals surface area (Å²) >= 11 is 0. The number of methoxy groups -OCH3 is 1. The number of rotatable bonds is 6. The summed E-state index contributed by atoms with van der Waals surface area (Å²) in [4.78, 5) is 27.2. The Hall–Kier alpha value is -2.28. The van der Waals surface area contributed by atoms with Gasteiger partial charge in [0, 0.05) is 13.7 Å². The number of nitrogens with zero attached hydrogens (tertiary/aromatic N) is 1. The summed E-state index contributed by atoms with van der Waals surface area (Å²) in [5.74, 6) is 0.572. The maximum Gasteiger partial charge on any atom is 0.407 e. The normalized spacial score (nSPS) is 20.7. The molecule has 7 nitrogen and oxygen atoms in total. The van der Waals surface area contributed by atoms with Gasteiger partial charge in [0.15, 0.2) is 6.10 Å². The van der Waals surface area contributed by atoms with Gasteiger partial charge in [-0.2, -0.15) is 0 Å². The first-order valence-corrected chi connectivity index (χ1v) is 10.1. The van der Waals surface area contributed by atoms with E-state index in [1.54, 1.807) is 18.9 Å². The SMILES string of the molecule is COC[C@H]1[C@@H](NC(=O)OC(C)(C)C)CCCN1C(=O)[C@@H](C)Oc1ccccc1C. The van der Waals surface area contributed by atoms with E-state index in [0.29, 0.717) is 18.9 Å². The zero-order valence-corrected chi connectivity index (χ0v) is 18.4. The molecule has 7 heteroatoms. The van der Waals surface area contributed by atoms with E-state index in [0.717, 1.165) is 18.4 Å². The molecule has 1 aromatic carbocycles. The van der Waals surface area contributed by atoms with Crippen LogP contribution in [0.4, 0.5) is 4.79 Å². The van der Waals surface area contributed by atoms with Crippen molar-refractivity contribution in [1.82, 2.24) is 10.2 Å². The fourth-order valence-corrected chi connectivity index (χ4v) is 3.50. The molecule has 1 N–H and O–H groups in total. The summed E-state index contributed by atoms with van der Waals surface area (Å²) < 4.78 is 16.7. The second-order valence-electron chi connectivity index (χ2n) is 8.47. The highest BCUT2D eigenvalue weighted by Crippen LogP contribution is 2.23. The zero-order chi connectivity index (χ0) is 21.6. The minimum atomic E-state index is -0.643. The van der Waals surface area contributed by atoms with Gasteiger partial charge in [0.2, 0.25) is 0 Å². The molecular formula is C22H34N2O5. The molecule has 0 radical (unpaired) electrons. The number of carbonyl (C=O) groups excluding carboxylic acids is 2. The molecule has 0 aliphatic carbocycles. The lowest BCUT2D eigenvalue weighted by atomic mass is 9.96. The summed E-state index contributed by atoms with van der Waals surface area (Å²) in [7, 11) is 1.59. The molecule has 29 heavy (non-hydrogen) atoms. The van der Waals surface area contributed by atoms with Crippen molar-refractivity contribution in [2.75, 3.05) is 20.3 Å². The molecule has 2 rings (SSSR count). The summed E-state index contributed by atoms with van der Waals surface area (Å²) in [6.45, 7) is 10.1. The van der Waals surface area contributed by atoms with Crippen LogP contribution in [0, 0.1) is 6.92 Å². The number of alkyl carbamates (subject to hydrolysis) is 1. The van der Waals surface area contributed by atoms with E-state index < -0.39 is 17.8 Å². The van der Waals surface area contributed by atoms with Crippen molar-refractivity contribution in [3.8, 4) is 5.75 Å². The Balaban J connectivity index is 2.09. The third-order valence-corrected chi connectivity index (χ3v) is 4.85. The van der Waals surface area contributed by atoms with Gasteiger partial charge in [-0.05, 0) is 59.1 Å². The van der Waals surface area contributed by atoms with Gasteiger partial charge in [-0.1, -0.05) is 18.2 Å². The third kappa shape index (κ3) is 6.63. The van der Waals surface area contributed by atoms with Crippen LogP contribution in [-0.4, -0.2) is 61.0 Å². The molecule has 0 spiro atoms. The Morgan fingerprint density at radius 1 is 1.28 bits per heavy atom. The molecule has 3 atom stereocenters. The predicted octanol–water partition coefficient (Wildman–Crippen LogP) is 3.29. The fourth-order valence-electron chi connectivity index (χ4n) is 3.50. The Kier molecular flexibility index (Phi) is 7.90. The second kappa shape index (κ2) is 9.96. The monoisotopic (exact) mass is 406 g/mol. The third-order valence-electron chi connectivity index (χ3n) is 4.85. The molecule has 162 valence electrons. The van der Waals surface area contributed by atoms with Crippen molar-refractivity contribution in [3.05, 3.63) is 29.8 Å². The Labute approximate surface area is 173 Å². The summed E-state index contributed by atoms with van der Waals surface area (Å²) in [5, 5.41) is 2.92. The predicted molar refractivity (Wildman–Crippen MR) is 111 cm³/mol. The fraction of sp³-hybridized carbons (Fsp3) is 0.636. The average molecular weight is 407 g/mol. The Bertz CT molecular complexity index is 701. The van der Waals surface area contributed by atoms with Gasteiger partial charge in [0.1, 0.15) is 11.4 Å². The van der Waals surface area contributed by atoms with Gasteiger partial charge >= 0.3 is 6.09 Å². The molecule has 0 saturated carbocycles. The maximum atomic E-state index is 13.2. The van der Waals surface area contributed by atoms with Gasteiger partial charge < -0.3 is 24.4 Å². The molecule has 0 bridgehead atoms. The second-order valence-corrected chi connectivity index (χ2v) is 8.47. The summed E-state index contributed by atoms with van der Waals surface area (Å²) in [5.41, 5.74) is 0.393. The van der Waals surface area contributed by atoms with E-state index in [4.69, 9.17) is 14.2 Å². The number of piperidine rings is 1. The average Bonchev–Trinajstić information content (AvgIpc) is 2.63. The van der Waals surface area contributed by atoms with Crippen LogP contribution in [0.25, 0.3) is 0 Å². The smallest absolute Gasteiger partial charge is 0.407 e. The number of carbonyl (C=O) groups is 2. The van der Waals surface area contributed by atoms with E-state index in [1.165, 1.54) is 0 Å². The number of benzene rings is 1. The quantitative estimate of drug-likeness (QED) is 0.784. The lowest BCUT2D eigenvalue weighted by Gasteiger charge is -2.42. The first-order valence-electron chi connectivity index (χ1n) is 10.1. The molecule has 0 aromatic heterocycles. The molecule has 1 aliphatic heterocycles. The minimum absolute atomic E-state index is 0.119. The summed E-state index contributed by atoms with van der Waals surface area (Å²) in [6.07, 6.45) is 0.408. The molecule has 1 fully saturated rings. The highest BCUT2D eigenvalue weighted by atomic mass is 16.6. The molecule has 1 aliphatic rings. The number of ether oxygens (including phenoxy) is 3. The van der Waals surface area contributed by atoms with Gasteiger partial charge in [-0.15, -0.1) is 0 Å². The van der Waals surface area contributed by atoms with Crippen LogP contribution >= 0.6 is 0 Å². The summed E-state index contributed by atoms with van der Waals surface area (Å²) in [6, 6.07) is 7.09. The van der Waals surface area contributed by atoms with Crippen LogP contribution in [0.1, 0.15) is 46.1 Å². The van der Waals surface area contributed by atoms with Gasteiger partial charge in [0.25, 0.3) is 5.91 Å². The molecule has 2 amide bonds. The number of nitrogens with one attached hydrogen (secondary N) is 1. The lowest BCUT2D eigenvalue weighted by Crippen LogP contribution is -2.61. The van der Waals surface area contributed by atoms with Crippen LogP contribution in [0.15, 0.2) is 24.3 Å². The van der Waals surface area contributed by atoms with Crippen molar-refractivity contribution in [1.29, 1.82) is 0 Å².